The molecule has 5 nitrogen and oxygen atoms in total. The summed E-state index contributed by atoms with van der Waals surface area (Å²) in [4.78, 5) is 0.298. The van der Waals surface area contributed by atoms with Crippen molar-refractivity contribution in [1.29, 1.82) is 0 Å². The quantitative estimate of drug-likeness (QED) is 0.860. The largest absolute Gasteiger partial charge is 0.486 e. The Bertz CT molecular complexity index is 614. The third kappa shape index (κ3) is 2.74. The predicted molar refractivity (Wildman–Crippen MR) is 79.3 cm³/mol. The summed E-state index contributed by atoms with van der Waals surface area (Å²) in [5.74, 6) is 1.14. The Morgan fingerprint density at radius 1 is 1.19 bits per heavy atom. The third-order valence-electron chi connectivity index (χ3n) is 4.16. The highest BCUT2D eigenvalue weighted by Gasteiger charge is 2.33. The fraction of sp³-hybridized carbons (Fsp3) is 0.600. The Balaban J connectivity index is 1.94. The lowest BCUT2D eigenvalue weighted by atomic mass is 10.0. The van der Waals surface area contributed by atoms with Crippen molar-refractivity contribution >= 4 is 10.0 Å². The van der Waals surface area contributed by atoms with Crippen molar-refractivity contribution in [1.82, 2.24) is 4.31 Å². The van der Waals surface area contributed by atoms with Crippen molar-refractivity contribution in [3.8, 4) is 11.5 Å². The first-order valence-electron chi connectivity index (χ1n) is 7.54. The summed E-state index contributed by atoms with van der Waals surface area (Å²) in [5, 5.41) is 0. The summed E-state index contributed by atoms with van der Waals surface area (Å²) in [7, 11) is -3.46. The van der Waals surface area contributed by atoms with Crippen LogP contribution in [-0.4, -0.2) is 38.5 Å². The van der Waals surface area contributed by atoms with Crippen LogP contribution < -0.4 is 9.47 Å². The molecule has 2 aliphatic heterocycles. The summed E-state index contributed by atoms with van der Waals surface area (Å²) in [6, 6.07) is 5.00. The van der Waals surface area contributed by atoms with E-state index >= 15 is 0 Å². The van der Waals surface area contributed by atoms with Gasteiger partial charge in [0, 0.05) is 18.7 Å². The van der Waals surface area contributed by atoms with Gasteiger partial charge in [0.25, 0.3) is 0 Å². The van der Waals surface area contributed by atoms with Gasteiger partial charge >= 0.3 is 0 Å². The van der Waals surface area contributed by atoms with Crippen LogP contribution in [0.25, 0.3) is 0 Å². The molecule has 1 aromatic carbocycles. The highest BCUT2D eigenvalue weighted by Crippen LogP contribution is 2.34. The molecule has 0 aromatic heterocycles. The van der Waals surface area contributed by atoms with Crippen molar-refractivity contribution in [3.63, 3.8) is 0 Å². The fourth-order valence-electron chi connectivity index (χ4n) is 3.02. The van der Waals surface area contributed by atoms with Crippen LogP contribution in [0.1, 0.15) is 32.6 Å². The number of benzene rings is 1. The normalized spacial score (nSPS) is 23.0. The summed E-state index contributed by atoms with van der Waals surface area (Å²) < 4.78 is 38.3. The maximum Gasteiger partial charge on any atom is 0.243 e. The minimum Gasteiger partial charge on any atom is -0.486 e. The number of fused-ring (bicyclic) bond motifs is 1. The summed E-state index contributed by atoms with van der Waals surface area (Å²) in [6.07, 6.45) is 3.83. The molecule has 0 amide bonds. The first-order chi connectivity index (χ1) is 10.1. The molecule has 1 aromatic rings. The molecular formula is C15H21NO4S. The Labute approximate surface area is 125 Å². The Morgan fingerprint density at radius 2 is 1.95 bits per heavy atom. The average Bonchev–Trinajstić information content (AvgIpc) is 2.54. The van der Waals surface area contributed by atoms with Gasteiger partial charge in [0.15, 0.2) is 11.5 Å². The van der Waals surface area contributed by atoms with Gasteiger partial charge in [0.1, 0.15) is 13.2 Å². The standard InChI is InChI=1S/C15H21NO4S/c1-2-12-5-3-4-8-16(12)21(17,18)13-6-7-14-15(11-13)20-10-9-19-14/h6-7,11-12H,2-5,8-10H2,1H3/t12-/m1/s1. The number of sulfonamides is 1. The number of hydrogen-bond acceptors (Lipinski definition) is 4. The van der Waals surface area contributed by atoms with Crippen LogP contribution in [-0.2, 0) is 10.0 Å². The SMILES string of the molecule is CC[C@@H]1CCCCN1S(=O)(=O)c1ccc2c(c1)OCCO2. The van der Waals surface area contributed by atoms with Crippen LogP contribution in [0.15, 0.2) is 23.1 Å². The molecule has 0 N–H and O–H groups in total. The first kappa shape index (κ1) is 14.7. The molecule has 1 saturated heterocycles. The lowest BCUT2D eigenvalue weighted by Gasteiger charge is -2.34. The van der Waals surface area contributed by atoms with E-state index in [9.17, 15) is 8.42 Å². The van der Waals surface area contributed by atoms with Crippen molar-refractivity contribution in [3.05, 3.63) is 18.2 Å². The van der Waals surface area contributed by atoms with E-state index in [0.29, 0.717) is 36.2 Å². The minimum absolute atomic E-state index is 0.108. The van der Waals surface area contributed by atoms with E-state index < -0.39 is 10.0 Å². The van der Waals surface area contributed by atoms with Crippen LogP contribution in [0.3, 0.4) is 0 Å². The zero-order valence-electron chi connectivity index (χ0n) is 12.2. The van der Waals surface area contributed by atoms with Crippen molar-refractivity contribution in [2.45, 2.75) is 43.5 Å². The topological polar surface area (TPSA) is 55.8 Å². The smallest absolute Gasteiger partial charge is 0.243 e. The molecule has 3 rings (SSSR count). The molecule has 1 fully saturated rings. The summed E-state index contributed by atoms with van der Waals surface area (Å²) in [5.41, 5.74) is 0. The number of ether oxygens (including phenoxy) is 2. The maximum absolute atomic E-state index is 12.9. The van der Waals surface area contributed by atoms with E-state index in [-0.39, 0.29) is 6.04 Å². The molecule has 0 unspecified atom stereocenters. The second-order valence-corrected chi connectivity index (χ2v) is 7.37. The first-order valence-corrected chi connectivity index (χ1v) is 8.98. The molecule has 21 heavy (non-hydrogen) atoms. The van der Waals surface area contributed by atoms with Gasteiger partial charge in [-0.15, -0.1) is 0 Å². The number of nitrogens with zero attached hydrogens (tertiary/aromatic N) is 1. The van der Waals surface area contributed by atoms with Crippen molar-refractivity contribution in [2.24, 2.45) is 0 Å². The molecule has 0 radical (unpaired) electrons. The van der Waals surface area contributed by atoms with Crippen molar-refractivity contribution in [2.75, 3.05) is 19.8 Å². The lowest BCUT2D eigenvalue weighted by Crippen LogP contribution is -2.43. The number of piperidine rings is 1. The Kier molecular flexibility index (Phi) is 4.08. The van der Waals surface area contributed by atoms with Crippen LogP contribution >= 0.6 is 0 Å². The van der Waals surface area contributed by atoms with E-state index in [1.54, 1.807) is 22.5 Å². The van der Waals surface area contributed by atoms with Gasteiger partial charge in [0.2, 0.25) is 10.0 Å². The second kappa shape index (κ2) is 5.85. The molecule has 2 heterocycles. The summed E-state index contributed by atoms with van der Waals surface area (Å²) in [6.45, 7) is 3.61. The van der Waals surface area contributed by atoms with E-state index in [4.69, 9.17) is 9.47 Å². The van der Waals surface area contributed by atoms with Gasteiger partial charge < -0.3 is 9.47 Å². The van der Waals surface area contributed by atoms with Gasteiger partial charge in [-0.3, -0.25) is 0 Å². The Hall–Kier alpha value is -1.27. The highest BCUT2D eigenvalue weighted by atomic mass is 32.2. The zero-order chi connectivity index (χ0) is 14.9. The third-order valence-corrected chi connectivity index (χ3v) is 6.11. The molecule has 0 spiro atoms. The van der Waals surface area contributed by atoms with Gasteiger partial charge in [0.05, 0.1) is 4.90 Å². The second-order valence-electron chi connectivity index (χ2n) is 5.48. The van der Waals surface area contributed by atoms with Gasteiger partial charge in [-0.1, -0.05) is 13.3 Å². The molecule has 116 valence electrons. The van der Waals surface area contributed by atoms with E-state index in [2.05, 4.69) is 0 Å². The minimum atomic E-state index is -3.46. The van der Waals surface area contributed by atoms with Crippen molar-refractivity contribution < 1.29 is 17.9 Å². The monoisotopic (exact) mass is 311 g/mol. The van der Waals surface area contributed by atoms with Crippen LogP contribution in [0.2, 0.25) is 0 Å². The van der Waals surface area contributed by atoms with Gasteiger partial charge in [-0.05, 0) is 31.4 Å². The predicted octanol–water partition coefficient (Wildman–Crippen LogP) is 2.41. The molecule has 0 bridgehead atoms. The number of rotatable bonds is 3. The summed E-state index contributed by atoms with van der Waals surface area (Å²) >= 11 is 0. The molecule has 2 aliphatic rings. The molecule has 1 atom stereocenters. The molecule has 6 heteroatoms. The van der Waals surface area contributed by atoms with E-state index in [1.165, 1.54) is 0 Å². The fourth-order valence-corrected chi connectivity index (χ4v) is 4.80. The van der Waals surface area contributed by atoms with Crippen LogP contribution in [0.4, 0.5) is 0 Å². The van der Waals surface area contributed by atoms with Gasteiger partial charge in [-0.2, -0.15) is 4.31 Å². The molecular weight excluding hydrogens is 290 g/mol. The molecule has 0 aliphatic carbocycles. The van der Waals surface area contributed by atoms with E-state index in [0.717, 1.165) is 25.7 Å². The molecule has 0 saturated carbocycles. The highest BCUT2D eigenvalue weighted by molar-refractivity contribution is 7.89. The van der Waals surface area contributed by atoms with Crippen LogP contribution in [0, 0.1) is 0 Å². The maximum atomic E-state index is 12.9. The zero-order valence-corrected chi connectivity index (χ0v) is 13.1. The Morgan fingerprint density at radius 3 is 2.71 bits per heavy atom. The van der Waals surface area contributed by atoms with Crippen LogP contribution in [0.5, 0.6) is 11.5 Å². The number of hydrogen-bond donors (Lipinski definition) is 0. The van der Waals surface area contributed by atoms with Gasteiger partial charge in [-0.25, -0.2) is 8.42 Å². The lowest BCUT2D eigenvalue weighted by molar-refractivity contribution is 0.171. The van der Waals surface area contributed by atoms with E-state index in [1.807, 2.05) is 6.92 Å². The average molecular weight is 311 g/mol.